The first kappa shape index (κ1) is 9.05. The summed E-state index contributed by atoms with van der Waals surface area (Å²) in [6, 6.07) is 0. The third-order valence-electron chi connectivity index (χ3n) is 1.96. The molecule has 0 atom stereocenters. The molecule has 64 valence electrons. The molecule has 0 heteroatoms. The van der Waals surface area contributed by atoms with Gasteiger partial charge in [-0.05, 0) is 18.4 Å². The van der Waals surface area contributed by atoms with Gasteiger partial charge in [-0.25, -0.2) is 0 Å². The van der Waals surface area contributed by atoms with E-state index in [2.05, 4.69) is 57.2 Å². The van der Waals surface area contributed by atoms with Crippen LogP contribution in [0.3, 0.4) is 0 Å². The molecule has 0 heterocycles. The van der Waals surface area contributed by atoms with E-state index < -0.39 is 0 Å². The number of hydrogen-bond acceptors (Lipinski definition) is 0. The van der Waals surface area contributed by atoms with Crippen molar-refractivity contribution in [1.29, 1.82) is 0 Å². The molecule has 0 aromatic heterocycles. The minimum absolute atomic E-state index is 0.609. The van der Waals surface area contributed by atoms with Gasteiger partial charge >= 0.3 is 0 Å². The Morgan fingerprint density at radius 3 is 2.33 bits per heavy atom. The van der Waals surface area contributed by atoms with Crippen LogP contribution >= 0.6 is 0 Å². The Labute approximate surface area is 75.0 Å². The lowest BCUT2D eigenvalue weighted by Crippen LogP contribution is -1.90. The first-order valence-electron chi connectivity index (χ1n) is 4.43. The smallest absolute Gasteiger partial charge is 0.0219 e. The Bertz CT molecular complexity index is 260. The van der Waals surface area contributed by atoms with E-state index in [-0.39, 0.29) is 0 Å². The summed E-state index contributed by atoms with van der Waals surface area (Å²) in [5, 5.41) is 0. The standard InChI is InChI=1S/C12H16/c1-10(2)12-8-4-6-11(3)7-5-9-12/h4-10H,1-3H3. The maximum absolute atomic E-state index is 2.21. The summed E-state index contributed by atoms with van der Waals surface area (Å²) in [5.74, 6) is 0.609. The van der Waals surface area contributed by atoms with Gasteiger partial charge in [0.25, 0.3) is 0 Å². The maximum atomic E-state index is 2.21. The van der Waals surface area contributed by atoms with Gasteiger partial charge in [-0.3, -0.25) is 0 Å². The van der Waals surface area contributed by atoms with E-state index >= 15 is 0 Å². The summed E-state index contributed by atoms with van der Waals surface area (Å²) < 4.78 is 0. The second-order valence-corrected chi connectivity index (χ2v) is 3.45. The fourth-order valence-electron chi connectivity index (χ4n) is 1.12. The van der Waals surface area contributed by atoms with Crippen LogP contribution in [0.2, 0.25) is 0 Å². The minimum Gasteiger partial charge on any atom is -0.0617 e. The molecule has 0 saturated carbocycles. The SMILES string of the molecule is CC1=CC=CC(C(C)C)=CC=C1. The van der Waals surface area contributed by atoms with Crippen molar-refractivity contribution in [3.8, 4) is 0 Å². The Kier molecular flexibility index (Phi) is 3.09. The van der Waals surface area contributed by atoms with Crippen molar-refractivity contribution in [2.45, 2.75) is 20.8 Å². The molecule has 0 spiro atoms. The molecule has 12 heavy (non-hydrogen) atoms. The summed E-state index contributed by atoms with van der Waals surface area (Å²) >= 11 is 0. The Morgan fingerprint density at radius 2 is 1.67 bits per heavy atom. The highest BCUT2D eigenvalue weighted by molar-refractivity contribution is 5.35. The van der Waals surface area contributed by atoms with Gasteiger partial charge in [0.1, 0.15) is 0 Å². The molecule has 0 bridgehead atoms. The van der Waals surface area contributed by atoms with Crippen LogP contribution < -0.4 is 0 Å². The van der Waals surface area contributed by atoms with E-state index in [0.29, 0.717) is 5.92 Å². The van der Waals surface area contributed by atoms with Gasteiger partial charge in [0.2, 0.25) is 0 Å². The molecule has 0 nitrogen and oxygen atoms in total. The molecule has 0 N–H and O–H groups in total. The zero-order chi connectivity index (χ0) is 8.97. The highest BCUT2D eigenvalue weighted by Crippen LogP contribution is 2.13. The first-order chi connectivity index (χ1) is 5.70. The van der Waals surface area contributed by atoms with E-state index in [1.807, 2.05) is 0 Å². The average molecular weight is 160 g/mol. The number of hydrogen-bond donors (Lipinski definition) is 0. The highest BCUT2D eigenvalue weighted by Gasteiger charge is 1.97. The first-order valence-corrected chi connectivity index (χ1v) is 4.43. The van der Waals surface area contributed by atoms with Gasteiger partial charge in [-0.15, -0.1) is 0 Å². The van der Waals surface area contributed by atoms with E-state index in [9.17, 15) is 0 Å². The largest absolute Gasteiger partial charge is 0.0617 e. The van der Waals surface area contributed by atoms with Crippen molar-refractivity contribution < 1.29 is 0 Å². The zero-order valence-corrected chi connectivity index (χ0v) is 8.04. The zero-order valence-electron chi connectivity index (χ0n) is 8.04. The van der Waals surface area contributed by atoms with Crippen LogP contribution in [0.25, 0.3) is 0 Å². The van der Waals surface area contributed by atoms with Crippen LogP contribution in [0.4, 0.5) is 0 Å². The van der Waals surface area contributed by atoms with Crippen molar-refractivity contribution in [3.05, 3.63) is 47.6 Å². The van der Waals surface area contributed by atoms with E-state index in [1.165, 1.54) is 11.1 Å². The van der Waals surface area contributed by atoms with Gasteiger partial charge < -0.3 is 0 Å². The topological polar surface area (TPSA) is 0 Å². The van der Waals surface area contributed by atoms with Gasteiger partial charge in [0.05, 0.1) is 0 Å². The highest BCUT2D eigenvalue weighted by atomic mass is 14.0. The van der Waals surface area contributed by atoms with Crippen molar-refractivity contribution in [2.24, 2.45) is 5.92 Å². The lowest BCUT2D eigenvalue weighted by atomic mass is 10.0. The molecule has 1 aliphatic carbocycles. The van der Waals surface area contributed by atoms with Crippen LogP contribution in [-0.2, 0) is 0 Å². The number of allylic oxidation sites excluding steroid dienone is 8. The van der Waals surface area contributed by atoms with Gasteiger partial charge in [0, 0.05) is 0 Å². The molecular weight excluding hydrogens is 144 g/mol. The molecule has 0 fully saturated rings. The predicted molar refractivity (Wildman–Crippen MR) is 55.0 cm³/mol. The molecule has 0 saturated heterocycles. The van der Waals surface area contributed by atoms with E-state index in [4.69, 9.17) is 0 Å². The average Bonchev–Trinajstić information content (AvgIpc) is 1.95. The van der Waals surface area contributed by atoms with Crippen LogP contribution in [0.5, 0.6) is 0 Å². The normalized spacial score (nSPS) is 17.0. The lowest BCUT2D eigenvalue weighted by molar-refractivity contribution is 0.791. The second-order valence-electron chi connectivity index (χ2n) is 3.45. The summed E-state index contributed by atoms with van der Waals surface area (Å²) in [6.45, 7) is 6.53. The third-order valence-corrected chi connectivity index (χ3v) is 1.96. The van der Waals surface area contributed by atoms with Crippen LogP contribution in [-0.4, -0.2) is 0 Å². The Hall–Kier alpha value is -1.04. The van der Waals surface area contributed by atoms with Crippen LogP contribution in [0.1, 0.15) is 20.8 Å². The van der Waals surface area contributed by atoms with E-state index in [1.54, 1.807) is 0 Å². The van der Waals surface area contributed by atoms with Crippen molar-refractivity contribution in [3.63, 3.8) is 0 Å². The molecule has 0 radical (unpaired) electrons. The molecular formula is C12H16. The minimum atomic E-state index is 0.609. The summed E-state index contributed by atoms with van der Waals surface area (Å²) in [4.78, 5) is 0. The monoisotopic (exact) mass is 160 g/mol. The second kappa shape index (κ2) is 4.10. The predicted octanol–water partition coefficient (Wildman–Crippen LogP) is 3.64. The van der Waals surface area contributed by atoms with E-state index in [0.717, 1.165) is 0 Å². The van der Waals surface area contributed by atoms with Crippen LogP contribution in [0, 0.1) is 5.92 Å². The molecule has 1 aliphatic rings. The fourth-order valence-corrected chi connectivity index (χ4v) is 1.12. The number of rotatable bonds is 1. The van der Waals surface area contributed by atoms with Crippen LogP contribution in [0.15, 0.2) is 47.6 Å². The molecule has 0 unspecified atom stereocenters. The van der Waals surface area contributed by atoms with Crippen molar-refractivity contribution in [2.75, 3.05) is 0 Å². The maximum Gasteiger partial charge on any atom is -0.0219 e. The van der Waals surface area contributed by atoms with Crippen molar-refractivity contribution >= 4 is 0 Å². The molecule has 0 aromatic rings. The fraction of sp³-hybridized carbons (Fsp3) is 0.333. The van der Waals surface area contributed by atoms with Gasteiger partial charge in [0.15, 0.2) is 0 Å². The quantitative estimate of drug-likeness (QED) is 0.549. The molecule has 0 aliphatic heterocycles. The van der Waals surface area contributed by atoms with Crippen molar-refractivity contribution in [1.82, 2.24) is 0 Å². The Balaban J connectivity index is 2.83. The molecule has 0 amide bonds. The third kappa shape index (κ3) is 2.54. The lowest BCUT2D eigenvalue weighted by Gasteiger charge is -2.05. The van der Waals surface area contributed by atoms with Gasteiger partial charge in [-0.1, -0.05) is 55.9 Å². The molecule has 0 aromatic carbocycles. The summed E-state index contributed by atoms with van der Waals surface area (Å²) in [7, 11) is 0. The summed E-state index contributed by atoms with van der Waals surface area (Å²) in [5.41, 5.74) is 2.68. The molecule has 1 rings (SSSR count). The van der Waals surface area contributed by atoms with Gasteiger partial charge in [-0.2, -0.15) is 0 Å². The Morgan fingerprint density at radius 1 is 1.00 bits per heavy atom. The summed E-state index contributed by atoms with van der Waals surface area (Å²) in [6.07, 6.45) is 12.8.